The van der Waals surface area contributed by atoms with Gasteiger partial charge in [-0.25, -0.2) is 0 Å². The molecule has 3 heterocycles. The number of carbonyl (C=O) groups excluding carboxylic acids is 3. The zero-order valence-electron chi connectivity index (χ0n) is 28.6. The van der Waals surface area contributed by atoms with Crippen LogP contribution in [0, 0.1) is 11.8 Å². The first-order valence-electron chi connectivity index (χ1n) is 16.5. The van der Waals surface area contributed by atoms with Crippen LogP contribution in [-0.2, 0) is 31.9 Å². The van der Waals surface area contributed by atoms with Gasteiger partial charge in [0.15, 0.2) is 22.8 Å². The lowest BCUT2D eigenvalue weighted by molar-refractivity contribution is -0.171. The fourth-order valence-corrected chi connectivity index (χ4v) is 8.54. The molecule has 1 aromatic carbocycles. The van der Waals surface area contributed by atoms with E-state index in [2.05, 4.69) is 6.08 Å². The standard InChI is InChI=1S/C38H46O9/c1-20(2)10-9-14-36(8)28(40)18-25-30(41)29-31(42)26-16-23-17-27-35(6,7)47-37(34(23)43,15-13-22(5)44-19-39)38(26,27)46-33(29)24(32(25)45-36)12-11-21(3)4/h10-11,13,16,19,23,27-28,40-41H,9,12,14-15,17-18H2,1-8H3/t23?,27?,28-,36-,37?,38-/m1/s1. The number of carbonyl (C=O) groups is 3. The van der Waals surface area contributed by atoms with E-state index in [0.717, 1.165) is 5.57 Å². The van der Waals surface area contributed by atoms with E-state index >= 15 is 0 Å². The van der Waals surface area contributed by atoms with Gasteiger partial charge in [0.05, 0.1) is 11.7 Å². The fourth-order valence-electron chi connectivity index (χ4n) is 8.54. The summed E-state index contributed by atoms with van der Waals surface area (Å²) in [6.45, 7) is 15.6. The molecule has 3 aliphatic carbocycles. The van der Waals surface area contributed by atoms with Crippen molar-refractivity contribution in [3.05, 3.63) is 63.5 Å². The number of hydrogen-bond donors (Lipinski definition) is 2. The smallest absolute Gasteiger partial charge is 0.298 e. The van der Waals surface area contributed by atoms with E-state index in [1.807, 2.05) is 54.5 Å². The number of aliphatic hydroxyl groups excluding tert-OH is 1. The first kappa shape index (κ1) is 33.2. The van der Waals surface area contributed by atoms with Crippen LogP contribution in [0.15, 0.2) is 46.8 Å². The Kier molecular flexibility index (Phi) is 7.91. The Morgan fingerprint density at radius 1 is 1.02 bits per heavy atom. The van der Waals surface area contributed by atoms with Crippen LogP contribution in [0.1, 0.15) is 103 Å². The Morgan fingerprint density at radius 2 is 1.72 bits per heavy atom. The molecule has 3 unspecified atom stereocenters. The average Bonchev–Trinajstić information content (AvgIpc) is 3.14. The molecule has 0 radical (unpaired) electrons. The maximum atomic E-state index is 14.8. The minimum absolute atomic E-state index is 0.0186. The van der Waals surface area contributed by atoms with Crippen molar-refractivity contribution in [2.75, 3.05) is 0 Å². The molecule has 9 nitrogen and oxygen atoms in total. The van der Waals surface area contributed by atoms with Crippen LogP contribution in [0.25, 0.3) is 0 Å². The molecule has 0 amide bonds. The van der Waals surface area contributed by atoms with Crippen molar-refractivity contribution in [1.29, 1.82) is 0 Å². The number of aromatic hydroxyl groups is 1. The van der Waals surface area contributed by atoms with Gasteiger partial charge < -0.3 is 29.2 Å². The van der Waals surface area contributed by atoms with E-state index < -0.39 is 40.2 Å². The maximum absolute atomic E-state index is 14.8. The summed E-state index contributed by atoms with van der Waals surface area (Å²) in [5.74, 6) is -0.958. The Labute approximate surface area is 276 Å². The Morgan fingerprint density at radius 3 is 2.38 bits per heavy atom. The predicted molar refractivity (Wildman–Crippen MR) is 174 cm³/mol. The van der Waals surface area contributed by atoms with Gasteiger partial charge in [-0.1, -0.05) is 29.4 Å². The lowest BCUT2D eigenvalue weighted by atomic mass is 9.51. The zero-order valence-corrected chi connectivity index (χ0v) is 28.6. The molecule has 252 valence electrons. The number of phenolic OH excluding ortho intramolecular Hbond substituents is 1. The van der Waals surface area contributed by atoms with Crippen LogP contribution in [0.3, 0.4) is 0 Å². The van der Waals surface area contributed by atoms with Gasteiger partial charge in [0.25, 0.3) is 6.47 Å². The van der Waals surface area contributed by atoms with Crippen molar-refractivity contribution in [3.63, 3.8) is 0 Å². The summed E-state index contributed by atoms with van der Waals surface area (Å²) in [6.07, 6.45) is 8.65. The third kappa shape index (κ3) is 4.75. The third-order valence-corrected chi connectivity index (χ3v) is 10.9. The topological polar surface area (TPSA) is 129 Å². The van der Waals surface area contributed by atoms with E-state index in [0.29, 0.717) is 60.4 Å². The van der Waals surface area contributed by atoms with Gasteiger partial charge >= 0.3 is 0 Å². The summed E-state index contributed by atoms with van der Waals surface area (Å²) in [6, 6.07) is 0. The molecule has 1 spiro atoms. The predicted octanol–water partition coefficient (Wildman–Crippen LogP) is 6.18. The van der Waals surface area contributed by atoms with Crippen LogP contribution in [0.4, 0.5) is 0 Å². The number of hydrogen-bond acceptors (Lipinski definition) is 9. The maximum Gasteiger partial charge on any atom is 0.298 e. The second-order valence-corrected chi connectivity index (χ2v) is 15.1. The highest BCUT2D eigenvalue weighted by Crippen LogP contribution is 2.68. The second-order valence-electron chi connectivity index (χ2n) is 15.1. The van der Waals surface area contributed by atoms with Crippen LogP contribution in [0.5, 0.6) is 17.2 Å². The number of phenols is 1. The Hall–Kier alpha value is -3.69. The molecule has 0 aromatic heterocycles. The summed E-state index contributed by atoms with van der Waals surface area (Å²) in [4.78, 5) is 40.2. The van der Waals surface area contributed by atoms with Gasteiger partial charge in [0.1, 0.15) is 34.2 Å². The molecule has 1 saturated heterocycles. The number of Topliss-reactive ketones (excluding diaryl/α,β-unsaturated/α-hetero) is 2. The van der Waals surface area contributed by atoms with Crippen LogP contribution in [-0.4, -0.2) is 56.8 Å². The van der Waals surface area contributed by atoms with E-state index in [1.165, 1.54) is 5.57 Å². The summed E-state index contributed by atoms with van der Waals surface area (Å²) >= 11 is 0. The Bertz CT molecular complexity index is 1680. The molecule has 9 heteroatoms. The van der Waals surface area contributed by atoms with Gasteiger partial charge in [0, 0.05) is 41.4 Å². The molecule has 3 aliphatic heterocycles. The number of benzene rings is 1. The van der Waals surface area contributed by atoms with E-state index in [-0.39, 0.29) is 41.6 Å². The molecule has 47 heavy (non-hydrogen) atoms. The van der Waals surface area contributed by atoms with Gasteiger partial charge in [-0.05, 0) is 87.1 Å². The van der Waals surface area contributed by atoms with Crippen molar-refractivity contribution in [3.8, 4) is 17.2 Å². The number of fused-ring (bicyclic) bond motifs is 2. The molecule has 1 saturated carbocycles. The van der Waals surface area contributed by atoms with E-state index in [4.69, 9.17) is 18.9 Å². The van der Waals surface area contributed by atoms with Crippen molar-refractivity contribution in [2.24, 2.45) is 11.8 Å². The summed E-state index contributed by atoms with van der Waals surface area (Å²) in [7, 11) is 0. The van der Waals surface area contributed by atoms with Crippen molar-refractivity contribution < 1.29 is 43.5 Å². The third-order valence-electron chi connectivity index (χ3n) is 10.9. The molecule has 2 N–H and O–H groups in total. The average molecular weight is 647 g/mol. The van der Waals surface area contributed by atoms with Crippen molar-refractivity contribution in [1.82, 2.24) is 0 Å². The molecule has 7 rings (SSSR count). The lowest BCUT2D eigenvalue weighted by Gasteiger charge is -2.56. The lowest BCUT2D eigenvalue weighted by Crippen LogP contribution is -2.72. The molecule has 6 aliphatic rings. The quantitative estimate of drug-likeness (QED) is 0.184. The normalized spacial score (nSPS) is 32.7. The van der Waals surface area contributed by atoms with E-state index in [1.54, 1.807) is 19.1 Å². The summed E-state index contributed by atoms with van der Waals surface area (Å²) in [5, 5.41) is 23.2. The molecule has 2 fully saturated rings. The minimum atomic E-state index is -1.58. The molecular weight excluding hydrogens is 600 g/mol. The molecule has 1 aromatic rings. The monoisotopic (exact) mass is 646 g/mol. The molecule has 4 bridgehead atoms. The van der Waals surface area contributed by atoms with Crippen molar-refractivity contribution in [2.45, 2.75) is 122 Å². The van der Waals surface area contributed by atoms with Gasteiger partial charge in [0.2, 0.25) is 0 Å². The van der Waals surface area contributed by atoms with Gasteiger partial charge in [-0.3, -0.25) is 14.4 Å². The Balaban J connectivity index is 1.58. The summed E-state index contributed by atoms with van der Waals surface area (Å²) in [5.41, 5.74) is -1.42. The number of aliphatic hydroxyl groups is 1. The number of allylic oxidation sites excluding steroid dienone is 6. The van der Waals surface area contributed by atoms with Crippen LogP contribution in [0.2, 0.25) is 0 Å². The number of ketones is 2. The highest BCUT2D eigenvalue weighted by atomic mass is 16.6. The van der Waals surface area contributed by atoms with Crippen LogP contribution >= 0.6 is 0 Å². The SMILES string of the molecule is CC(C)=CCC[C@@]1(C)Oc2c(c(O)c3c(c2CC=C(C)C)O[C@]24C(=CC5CC2C(C)(C)OC4(CC=C(C)OC=O)C5=O)C3=O)C[C@H]1O. The van der Waals surface area contributed by atoms with Crippen LogP contribution < -0.4 is 9.47 Å². The van der Waals surface area contributed by atoms with Gasteiger partial charge in [-0.2, -0.15) is 0 Å². The zero-order chi connectivity index (χ0) is 34.3. The largest absolute Gasteiger partial charge is 0.507 e. The molecular formula is C38H46O9. The number of rotatable bonds is 9. The first-order chi connectivity index (χ1) is 22.0. The van der Waals surface area contributed by atoms with Crippen molar-refractivity contribution >= 4 is 18.0 Å². The number of ether oxygens (including phenoxy) is 4. The van der Waals surface area contributed by atoms with Gasteiger partial charge in [-0.15, -0.1) is 0 Å². The van der Waals surface area contributed by atoms with E-state index in [9.17, 15) is 24.6 Å². The fraction of sp³-hybridized carbons (Fsp3) is 0.553. The minimum Gasteiger partial charge on any atom is -0.507 e. The highest BCUT2D eigenvalue weighted by Gasteiger charge is 2.81. The second kappa shape index (κ2) is 11.2. The first-order valence-corrected chi connectivity index (χ1v) is 16.5. The molecule has 6 atom stereocenters. The highest BCUT2D eigenvalue weighted by molar-refractivity contribution is 6.18. The summed E-state index contributed by atoms with van der Waals surface area (Å²) < 4.78 is 25.7.